The van der Waals surface area contributed by atoms with Gasteiger partial charge in [0.25, 0.3) is 0 Å². The van der Waals surface area contributed by atoms with Crippen molar-refractivity contribution in [3.63, 3.8) is 0 Å². The maximum atomic E-state index is 12.2. The molecule has 1 amide bonds. The van der Waals surface area contributed by atoms with E-state index in [0.717, 1.165) is 16.3 Å². The summed E-state index contributed by atoms with van der Waals surface area (Å²) in [7, 11) is -3.16. The van der Waals surface area contributed by atoms with Crippen LogP contribution in [-0.2, 0) is 14.8 Å². The molecule has 6 nitrogen and oxygen atoms in total. The molecule has 26 heavy (non-hydrogen) atoms. The maximum Gasteiger partial charge on any atom is 0.221 e. The van der Waals surface area contributed by atoms with Crippen LogP contribution in [0, 0.1) is 0 Å². The largest absolute Gasteiger partial charge is 0.348 e. The van der Waals surface area contributed by atoms with Gasteiger partial charge in [0.15, 0.2) is 0 Å². The van der Waals surface area contributed by atoms with E-state index in [4.69, 9.17) is 5.73 Å². The average molecular weight is 398 g/mol. The predicted molar refractivity (Wildman–Crippen MR) is 106 cm³/mol. The summed E-state index contributed by atoms with van der Waals surface area (Å²) in [6.45, 7) is 1.01. The van der Waals surface area contributed by atoms with Crippen LogP contribution in [-0.4, -0.2) is 44.0 Å². The van der Waals surface area contributed by atoms with Gasteiger partial charge in [0, 0.05) is 26.1 Å². The van der Waals surface area contributed by atoms with Gasteiger partial charge in [0.2, 0.25) is 15.9 Å². The second kappa shape index (κ2) is 8.81. The van der Waals surface area contributed by atoms with Crippen molar-refractivity contribution in [2.75, 3.05) is 25.4 Å². The summed E-state index contributed by atoms with van der Waals surface area (Å²) in [5, 5.41) is 5.14. The first kappa shape index (κ1) is 20.6. The minimum Gasteiger partial charge on any atom is -0.348 e. The molecule has 0 spiro atoms. The van der Waals surface area contributed by atoms with Gasteiger partial charge in [-0.05, 0) is 28.8 Å². The molecule has 142 valence electrons. The zero-order valence-corrected chi connectivity index (χ0v) is 16.1. The highest BCUT2D eigenvalue weighted by Gasteiger charge is 2.28. The zero-order valence-electron chi connectivity index (χ0n) is 14.4. The molecule has 1 aliphatic heterocycles. The summed E-state index contributed by atoms with van der Waals surface area (Å²) in [4.78, 5) is 12.2. The van der Waals surface area contributed by atoms with Crippen LogP contribution in [0.25, 0.3) is 10.8 Å². The Bertz CT molecular complexity index is 873. The van der Waals surface area contributed by atoms with Crippen LogP contribution in [0.5, 0.6) is 0 Å². The molecule has 1 aliphatic rings. The van der Waals surface area contributed by atoms with Crippen LogP contribution in [0.1, 0.15) is 24.4 Å². The van der Waals surface area contributed by atoms with Crippen molar-refractivity contribution in [2.24, 2.45) is 5.73 Å². The lowest BCUT2D eigenvalue weighted by Crippen LogP contribution is -2.36. The van der Waals surface area contributed by atoms with Crippen molar-refractivity contribution in [3.8, 4) is 0 Å². The minimum absolute atomic E-state index is 0. The quantitative estimate of drug-likeness (QED) is 0.777. The van der Waals surface area contributed by atoms with E-state index < -0.39 is 10.0 Å². The lowest BCUT2D eigenvalue weighted by molar-refractivity contribution is -0.121. The molecule has 1 fully saturated rings. The molecule has 1 heterocycles. The number of fused-ring (bicyclic) bond motifs is 1. The number of sulfonamides is 1. The monoisotopic (exact) mass is 397 g/mol. The fourth-order valence-corrected chi connectivity index (χ4v) is 4.67. The lowest BCUT2D eigenvalue weighted by Gasteiger charge is -2.19. The number of nitrogens with one attached hydrogen (secondary N) is 1. The molecule has 1 unspecified atom stereocenters. The number of carbonyl (C=O) groups is 1. The summed E-state index contributed by atoms with van der Waals surface area (Å²) in [5.74, 6) is -0.0114. The normalized spacial score (nSPS) is 17.6. The minimum atomic E-state index is -3.16. The SMILES string of the molecule is Cl.NCC(NC(=O)CCN1CCCS1(=O)=O)c1ccc2ccccc2c1. The van der Waals surface area contributed by atoms with E-state index in [1.54, 1.807) is 0 Å². The number of halogens is 1. The smallest absolute Gasteiger partial charge is 0.221 e. The third-order valence-corrected chi connectivity index (χ3v) is 6.49. The van der Waals surface area contributed by atoms with Crippen molar-refractivity contribution in [3.05, 3.63) is 48.0 Å². The van der Waals surface area contributed by atoms with Crippen molar-refractivity contribution in [2.45, 2.75) is 18.9 Å². The number of nitrogens with zero attached hydrogens (tertiary/aromatic N) is 1. The number of rotatable bonds is 6. The Morgan fingerprint density at radius 1 is 1.19 bits per heavy atom. The van der Waals surface area contributed by atoms with E-state index in [2.05, 4.69) is 5.32 Å². The van der Waals surface area contributed by atoms with Crippen molar-refractivity contribution in [1.82, 2.24) is 9.62 Å². The standard InChI is InChI=1S/C18H23N3O3S.ClH/c19-13-17(16-7-6-14-4-1-2-5-15(14)12-16)20-18(22)8-10-21-9-3-11-25(21,23)24;/h1-2,4-7,12,17H,3,8-11,13,19H2,(H,20,22);1H. The van der Waals surface area contributed by atoms with Gasteiger partial charge in [0.1, 0.15) is 0 Å². The lowest BCUT2D eigenvalue weighted by atomic mass is 10.0. The summed E-state index contributed by atoms with van der Waals surface area (Å²) < 4.78 is 24.9. The molecule has 1 atom stereocenters. The van der Waals surface area contributed by atoms with Crippen LogP contribution in [0.15, 0.2) is 42.5 Å². The van der Waals surface area contributed by atoms with Gasteiger partial charge in [0.05, 0.1) is 11.8 Å². The molecule has 8 heteroatoms. The van der Waals surface area contributed by atoms with Gasteiger partial charge in [-0.2, -0.15) is 0 Å². The topological polar surface area (TPSA) is 92.5 Å². The number of nitrogens with two attached hydrogens (primary N) is 1. The van der Waals surface area contributed by atoms with Crippen molar-refractivity contribution < 1.29 is 13.2 Å². The number of hydrogen-bond donors (Lipinski definition) is 2. The number of hydrogen-bond acceptors (Lipinski definition) is 4. The Balaban J connectivity index is 0.00000243. The fraction of sp³-hybridized carbons (Fsp3) is 0.389. The molecule has 2 aromatic carbocycles. The molecule has 0 saturated carbocycles. The molecular formula is C18H24ClN3O3S. The van der Waals surface area contributed by atoms with Gasteiger partial charge in [-0.1, -0.05) is 36.4 Å². The van der Waals surface area contributed by atoms with Crippen LogP contribution in [0.2, 0.25) is 0 Å². The van der Waals surface area contributed by atoms with E-state index in [1.807, 2.05) is 42.5 Å². The van der Waals surface area contributed by atoms with Crippen molar-refractivity contribution in [1.29, 1.82) is 0 Å². The highest BCUT2D eigenvalue weighted by atomic mass is 35.5. The van der Waals surface area contributed by atoms with Crippen LogP contribution in [0.4, 0.5) is 0 Å². The molecule has 0 aliphatic carbocycles. The summed E-state index contributed by atoms with van der Waals surface area (Å²) >= 11 is 0. The van der Waals surface area contributed by atoms with Crippen molar-refractivity contribution >= 4 is 39.1 Å². The summed E-state index contributed by atoms with van der Waals surface area (Å²) in [6, 6.07) is 13.7. The Morgan fingerprint density at radius 2 is 1.92 bits per heavy atom. The van der Waals surface area contributed by atoms with E-state index >= 15 is 0 Å². The Kier molecular flexibility index (Phi) is 7.00. The second-order valence-electron chi connectivity index (χ2n) is 6.28. The van der Waals surface area contributed by atoms with Gasteiger partial charge in [-0.25, -0.2) is 12.7 Å². The number of amides is 1. The van der Waals surface area contributed by atoms with E-state index in [-0.39, 0.29) is 49.6 Å². The Morgan fingerprint density at radius 3 is 2.58 bits per heavy atom. The molecular weight excluding hydrogens is 374 g/mol. The number of carbonyl (C=O) groups excluding carboxylic acids is 1. The average Bonchev–Trinajstić information content (AvgIpc) is 2.95. The Labute approximate surface area is 160 Å². The van der Waals surface area contributed by atoms with E-state index in [9.17, 15) is 13.2 Å². The molecule has 0 bridgehead atoms. The van der Waals surface area contributed by atoms with Gasteiger partial charge in [-0.15, -0.1) is 12.4 Å². The van der Waals surface area contributed by atoms with Gasteiger partial charge < -0.3 is 11.1 Å². The first-order valence-electron chi connectivity index (χ1n) is 8.45. The maximum absolute atomic E-state index is 12.2. The molecule has 1 saturated heterocycles. The molecule has 3 N–H and O–H groups in total. The van der Waals surface area contributed by atoms with E-state index in [1.165, 1.54) is 4.31 Å². The summed E-state index contributed by atoms with van der Waals surface area (Å²) in [6.07, 6.45) is 0.774. The highest BCUT2D eigenvalue weighted by molar-refractivity contribution is 7.89. The second-order valence-corrected chi connectivity index (χ2v) is 8.37. The third kappa shape index (κ3) is 4.73. The fourth-order valence-electron chi connectivity index (χ4n) is 3.14. The first-order chi connectivity index (χ1) is 12.0. The molecule has 3 rings (SSSR count). The van der Waals surface area contributed by atoms with Crippen LogP contribution < -0.4 is 11.1 Å². The number of benzene rings is 2. The highest BCUT2D eigenvalue weighted by Crippen LogP contribution is 2.20. The zero-order chi connectivity index (χ0) is 17.9. The van der Waals surface area contributed by atoms with E-state index in [0.29, 0.717) is 13.0 Å². The molecule has 0 radical (unpaired) electrons. The first-order valence-corrected chi connectivity index (χ1v) is 10.1. The van der Waals surface area contributed by atoms with Crippen LogP contribution in [0.3, 0.4) is 0 Å². The predicted octanol–water partition coefficient (Wildman–Crippen LogP) is 1.80. The Hall–Kier alpha value is -1.67. The van der Waals surface area contributed by atoms with Crippen LogP contribution >= 0.6 is 12.4 Å². The molecule has 2 aromatic rings. The van der Waals surface area contributed by atoms with Gasteiger partial charge >= 0.3 is 0 Å². The summed E-state index contributed by atoms with van der Waals surface area (Å²) in [5.41, 5.74) is 6.79. The third-order valence-electron chi connectivity index (χ3n) is 4.54. The molecule has 0 aromatic heterocycles. The van der Waals surface area contributed by atoms with Gasteiger partial charge in [-0.3, -0.25) is 4.79 Å².